The normalized spacial score (nSPS) is 13.6. The van der Waals surface area contributed by atoms with Crippen LogP contribution in [0.3, 0.4) is 0 Å². The summed E-state index contributed by atoms with van der Waals surface area (Å²) in [7, 11) is 4.42. The number of hydrogen-bond acceptors (Lipinski definition) is 14. The number of halogens is 4. The summed E-state index contributed by atoms with van der Waals surface area (Å²) in [5.74, 6) is 7.51. The van der Waals surface area contributed by atoms with Crippen LogP contribution in [0.4, 0.5) is 27.2 Å². The molecule has 0 saturated heterocycles. The largest absolute Gasteiger partial charge is 0.466 e. The summed E-state index contributed by atoms with van der Waals surface area (Å²) in [4.78, 5) is 86.0. The molecule has 2 aliphatic rings. The number of aromatic nitrogens is 2. The van der Waals surface area contributed by atoms with Gasteiger partial charge in [-0.2, -0.15) is 17.6 Å². The molecule has 0 bridgehead atoms. The maximum absolute atomic E-state index is 13.0. The van der Waals surface area contributed by atoms with E-state index in [-0.39, 0.29) is 50.6 Å². The van der Waals surface area contributed by atoms with Crippen LogP contribution in [0.2, 0.25) is 0 Å². The van der Waals surface area contributed by atoms with Crippen LogP contribution in [0.5, 0.6) is 11.5 Å². The maximum Gasteiger partial charge on any atom is 0.408 e. The SMILES string of the molecule is C.C.COC(=O)N[C@@](C#Cc1cccnc1)(CN1Cc2ccc(OC(F)F)cc2C1=O)C(=O)OC.COC(=O)N[C@](C#Cc1cccnc1)(CN1Cc2ccc(OC(F)F)cc2C1=O)C(=O)OC. The fraction of sp³-hybridized carbons (Fsp3) is 0.304. The molecule has 0 fully saturated rings. The molecule has 6 rings (SSSR count). The van der Waals surface area contributed by atoms with Crippen molar-refractivity contribution in [3.8, 4) is 35.2 Å². The maximum atomic E-state index is 13.0. The van der Waals surface area contributed by atoms with Crippen LogP contribution in [0.1, 0.15) is 57.8 Å². The van der Waals surface area contributed by atoms with Gasteiger partial charge in [-0.3, -0.25) is 30.2 Å². The van der Waals surface area contributed by atoms with Gasteiger partial charge in [-0.15, -0.1) is 0 Å². The molecule has 2 atom stereocenters. The Bertz CT molecular complexity index is 2410. The van der Waals surface area contributed by atoms with E-state index in [1.807, 2.05) is 0 Å². The van der Waals surface area contributed by atoms with Crippen molar-refractivity contribution in [1.29, 1.82) is 0 Å². The zero-order valence-corrected chi connectivity index (χ0v) is 35.3. The van der Waals surface area contributed by atoms with Gasteiger partial charge in [0.25, 0.3) is 11.8 Å². The van der Waals surface area contributed by atoms with Gasteiger partial charge in [0.05, 0.1) is 41.5 Å². The van der Waals surface area contributed by atoms with Crippen LogP contribution in [-0.2, 0) is 41.6 Å². The van der Waals surface area contributed by atoms with Crippen molar-refractivity contribution in [2.24, 2.45) is 0 Å². The summed E-state index contributed by atoms with van der Waals surface area (Å²) in [6, 6.07) is 14.5. The van der Waals surface area contributed by atoms with Crippen LogP contribution < -0.4 is 20.1 Å². The number of nitrogens with zero attached hydrogens (tertiary/aromatic N) is 4. The summed E-state index contributed by atoms with van der Waals surface area (Å²) < 4.78 is 77.8. The molecule has 0 unspecified atom stereocenters. The second kappa shape index (κ2) is 24.2. The van der Waals surface area contributed by atoms with Crippen molar-refractivity contribution in [2.75, 3.05) is 41.5 Å². The first-order valence-corrected chi connectivity index (χ1v) is 19.0. The molecule has 0 spiro atoms. The van der Waals surface area contributed by atoms with Crippen molar-refractivity contribution < 1.29 is 74.8 Å². The number of carbonyl (C=O) groups excluding carboxylic acids is 6. The van der Waals surface area contributed by atoms with E-state index in [9.17, 15) is 46.3 Å². The van der Waals surface area contributed by atoms with Gasteiger partial charge in [0.1, 0.15) is 11.5 Å². The molecular weight excluding hydrogens is 905 g/mol. The number of alkyl carbamates (subject to hydrolysis) is 2. The predicted octanol–water partition coefficient (Wildman–Crippen LogP) is 5.19. The summed E-state index contributed by atoms with van der Waals surface area (Å²) in [5.41, 5.74) is -1.77. The number of amides is 4. The second-order valence-electron chi connectivity index (χ2n) is 13.7. The van der Waals surface area contributed by atoms with Gasteiger partial charge in [-0.05, 0) is 59.7 Å². The lowest BCUT2D eigenvalue weighted by Gasteiger charge is -2.30. The number of pyridine rings is 2. The fourth-order valence-corrected chi connectivity index (χ4v) is 6.44. The number of nitrogens with one attached hydrogen (secondary N) is 2. The number of carbonyl (C=O) groups is 6. The zero-order chi connectivity index (χ0) is 48.0. The number of rotatable bonds is 12. The lowest BCUT2D eigenvalue weighted by atomic mass is 9.98. The minimum absolute atomic E-state index is 0. The van der Waals surface area contributed by atoms with E-state index in [1.54, 1.807) is 24.3 Å². The first-order chi connectivity index (χ1) is 31.5. The highest BCUT2D eigenvalue weighted by Gasteiger charge is 2.46. The third-order valence-electron chi connectivity index (χ3n) is 9.46. The molecule has 68 heavy (non-hydrogen) atoms. The van der Waals surface area contributed by atoms with Crippen molar-refractivity contribution in [3.05, 3.63) is 119 Å². The monoisotopic (exact) mass is 950 g/mol. The van der Waals surface area contributed by atoms with Gasteiger partial charge in [-0.25, -0.2) is 19.2 Å². The van der Waals surface area contributed by atoms with Gasteiger partial charge in [0.2, 0.25) is 11.1 Å². The molecule has 2 aromatic carbocycles. The quantitative estimate of drug-likeness (QED) is 0.0810. The molecule has 0 radical (unpaired) electrons. The molecule has 4 amide bonds. The molecule has 360 valence electrons. The lowest BCUT2D eigenvalue weighted by Crippen LogP contribution is -2.60. The smallest absolute Gasteiger partial charge is 0.408 e. The lowest BCUT2D eigenvalue weighted by molar-refractivity contribution is -0.147. The van der Waals surface area contributed by atoms with Crippen molar-refractivity contribution >= 4 is 35.9 Å². The Balaban J connectivity index is 0.000000350. The number of hydrogen-bond donors (Lipinski definition) is 2. The molecule has 4 heterocycles. The topological polar surface area (TPSA) is 214 Å². The van der Waals surface area contributed by atoms with E-state index in [0.29, 0.717) is 22.3 Å². The Morgan fingerprint density at radius 1 is 0.632 bits per heavy atom. The Kier molecular flexibility index (Phi) is 19.2. The average Bonchev–Trinajstić information content (AvgIpc) is 3.79. The molecule has 4 aromatic rings. The number of alkyl halides is 4. The number of methoxy groups -OCH3 is 4. The van der Waals surface area contributed by atoms with Crippen molar-refractivity contribution in [2.45, 2.75) is 52.2 Å². The Morgan fingerprint density at radius 3 is 1.32 bits per heavy atom. The third-order valence-corrected chi connectivity index (χ3v) is 9.46. The van der Waals surface area contributed by atoms with Crippen LogP contribution >= 0.6 is 0 Å². The van der Waals surface area contributed by atoms with E-state index >= 15 is 0 Å². The predicted molar refractivity (Wildman–Crippen MR) is 232 cm³/mol. The van der Waals surface area contributed by atoms with E-state index in [1.165, 1.54) is 71.0 Å². The van der Waals surface area contributed by atoms with Crippen LogP contribution in [0.25, 0.3) is 0 Å². The average molecular weight is 951 g/mol. The second-order valence-corrected chi connectivity index (χ2v) is 13.7. The first kappa shape index (κ1) is 53.9. The number of fused-ring (bicyclic) bond motifs is 2. The highest BCUT2D eigenvalue weighted by atomic mass is 19.3. The van der Waals surface area contributed by atoms with Crippen LogP contribution in [0.15, 0.2) is 85.5 Å². The van der Waals surface area contributed by atoms with Crippen molar-refractivity contribution in [1.82, 2.24) is 30.4 Å². The van der Waals surface area contributed by atoms with E-state index < -0.39 is 73.3 Å². The molecule has 0 aliphatic carbocycles. The van der Waals surface area contributed by atoms with E-state index in [0.717, 1.165) is 28.4 Å². The third kappa shape index (κ3) is 13.3. The summed E-state index contributed by atoms with van der Waals surface area (Å²) >= 11 is 0. The highest BCUT2D eigenvalue weighted by molar-refractivity contribution is 6.01. The minimum atomic E-state index is -3.05. The minimum Gasteiger partial charge on any atom is -0.466 e. The Hall–Kier alpha value is -8.40. The molecular formula is C46H46F4N6O12. The Morgan fingerprint density at radius 2 is 1.01 bits per heavy atom. The number of esters is 2. The van der Waals surface area contributed by atoms with E-state index in [2.05, 4.69) is 63.2 Å². The zero-order valence-electron chi connectivity index (χ0n) is 35.3. The number of ether oxygens (including phenoxy) is 6. The van der Waals surface area contributed by atoms with Gasteiger partial charge >= 0.3 is 37.3 Å². The van der Waals surface area contributed by atoms with Crippen LogP contribution in [-0.4, -0.2) is 122 Å². The van der Waals surface area contributed by atoms with Gasteiger partial charge in [0, 0.05) is 60.1 Å². The standard InChI is InChI=1S/2C22H19F2N3O6.2CH4/c2*1-31-19(29)22(26-21(30)32-2,8-7-14-4-3-9-25-11-14)13-27-12-15-5-6-16(33-20(23)24)10-17(15)18(27)28;;/h2*3-6,9-11,20H,12-13H2,1-2H3,(H,26,30);2*1H4/t2*22-;;/m10../s1. The van der Waals surface area contributed by atoms with Gasteiger partial charge < -0.3 is 38.2 Å². The number of benzene rings is 2. The summed E-state index contributed by atoms with van der Waals surface area (Å²) in [5, 5.41) is 4.73. The summed E-state index contributed by atoms with van der Waals surface area (Å²) in [6.45, 7) is -6.82. The van der Waals surface area contributed by atoms with Crippen LogP contribution in [0, 0.1) is 23.7 Å². The highest BCUT2D eigenvalue weighted by Crippen LogP contribution is 2.31. The van der Waals surface area contributed by atoms with Gasteiger partial charge in [0.15, 0.2) is 0 Å². The molecule has 22 heteroatoms. The van der Waals surface area contributed by atoms with Crippen molar-refractivity contribution in [3.63, 3.8) is 0 Å². The van der Waals surface area contributed by atoms with Gasteiger partial charge in [-0.1, -0.05) is 50.7 Å². The molecule has 18 nitrogen and oxygen atoms in total. The summed E-state index contributed by atoms with van der Waals surface area (Å²) in [6.07, 6.45) is 4.04. The molecule has 0 saturated carbocycles. The molecule has 2 aromatic heterocycles. The van der Waals surface area contributed by atoms with E-state index in [4.69, 9.17) is 9.47 Å². The fourth-order valence-electron chi connectivity index (χ4n) is 6.44. The Labute approximate surface area is 388 Å². The first-order valence-electron chi connectivity index (χ1n) is 19.0. The molecule has 2 N–H and O–H groups in total. The molecule has 2 aliphatic heterocycles.